The number of hydrogen-bond donors (Lipinski definition) is 0. The molecule has 0 fully saturated rings. The molecule has 2 aromatic carbocycles. The van der Waals surface area contributed by atoms with Crippen molar-refractivity contribution in [1.29, 1.82) is 0 Å². The number of fused-ring (bicyclic) bond motifs is 1. The van der Waals surface area contributed by atoms with Crippen LogP contribution in [0.25, 0.3) is 11.4 Å². The smallest absolute Gasteiger partial charge is 0.233 e. The van der Waals surface area contributed by atoms with Crippen molar-refractivity contribution in [2.24, 2.45) is 7.05 Å². The third-order valence-corrected chi connectivity index (χ3v) is 6.89. The van der Waals surface area contributed by atoms with Gasteiger partial charge in [0.05, 0.1) is 5.75 Å². The Morgan fingerprint density at radius 1 is 1.06 bits per heavy atom. The third kappa shape index (κ3) is 5.38. The Bertz CT molecular complexity index is 1150. The van der Waals surface area contributed by atoms with Gasteiger partial charge in [-0.3, -0.25) is 4.79 Å². The number of aromatic nitrogens is 3. The van der Waals surface area contributed by atoms with E-state index in [0.717, 1.165) is 33.6 Å². The Morgan fingerprint density at radius 2 is 1.76 bits per heavy atom. The van der Waals surface area contributed by atoms with E-state index in [-0.39, 0.29) is 11.3 Å². The van der Waals surface area contributed by atoms with Gasteiger partial charge in [-0.1, -0.05) is 62.9 Å². The van der Waals surface area contributed by atoms with Crippen LogP contribution in [0.15, 0.2) is 47.6 Å². The standard InChI is InChI=1S/C26H32N4O3S/c1-6-30(16-18-7-12-21-22(15-18)33-14-13-32-21)23(31)17-34-25-28-27-24(29(25)5)19-8-10-20(11-9-19)26(2,3)4/h7-12,15H,6,13-14,16-17H2,1-5H3. The quantitative estimate of drug-likeness (QED) is 0.457. The molecule has 0 unspecified atom stereocenters. The molecule has 0 spiro atoms. The summed E-state index contributed by atoms with van der Waals surface area (Å²) < 4.78 is 13.2. The van der Waals surface area contributed by atoms with Crippen molar-refractivity contribution >= 4 is 17.7 Å². The van der Waals surface area contributed by atoms with E-state index in [4.69, 9.17) is 9.47 Å². The Hall–Kier alpha value is -3.00. The van der Waals surface area contributed by atoms with Crippen molar-refractivity contribution in [2.75, 3.05) is 25.5 Å². The highest BCUT2D eigenvalue weighted by Gasteiger charge is 2.19. The first-order chi connectivity index (χ1) is 16.3. The zero-order valence-electron chi connectivity index (χ0n) is 20.5. The molecular weight excluding hydrogens is 448 g/mol. The Kier molecular flexibility index (Phi) is 7.16. The fraction of sp³-hybridized carbons (Fsp3) is 0.423. The average Bonchev–Trinajstić information content (AvgIpc) is 3.20. The lowest BCUT2D eigenvalue weighted by Gasteiger charge is -2.23. The number of hydrogen-bond acceptors (Lipinski definition) is 6. The lowest BCUT2D eigenvalue weighted by Crippen LogP contribution is -2.31. The number of carbonyl (C=O) groups excluding carboxylic acids is 1. The van der Waals surface area contributed by atoms with E-state index in [1.807, 2.05) is 41.6 Å². The predicted molar refractivity (Wildman–Crippen MR) is 134 cm³/mol. The number of carbonyl (C=O) groups is 1. The zero-order valence-corrected chi connectivity index (χ0v) is 21.3. The molecule has 34 heavy (non-hydrogen) atoms. The largest absolute Gasteiger partial charge is 0.486 e. The highest BCUT2D eigenvalue weighted by molar-refractivity contribution is 7.99. The van der Waals surface area contributed by atoms with Crippen LogP contribution in [-0.4, -0.2) is 51.1 Å². The fourth-order valence-electron chi connectivity index (χ4n) is 3.81. The van der Waals surface area contributed by atoms with Crippen LogP contribution in [0.4, 0.5) is 0 Å². The van der Waals surface area contributed by atoms with Gasteiger partial charge in [0.25, 0.3) is 0 Å². The Morgan fingerprint density at radius 3 is 2.44 bits per heavy atom. The topological polar surface area (TPSA) is 69.5 Å². The third-order valence-electron chi connectivity index (χ3n) is 5.88. The first-order valence-electron chi connectivity index (χ1n) is 11.6. The molecule has 0 aliphatic carbocycles. The van der Waals surface area contributed by atoms with Crippen LogP contribution in [-0.2, 0) is 23.8 Å². The van der Waals surface area contributed by atoms with Gasteiger partial charge in [0.2, 0.25) is 5.91 Å². The summed E-state index contributed by atoms with van der Waals surface area (Å²) in [7, 11) is 1.94. The first kappa shape index (κ1) is 24.1. The summed E-state index contributed by atoms with van der Waals surface area (Å²) in [6.07, 6.45) is 0. The van der Waals surface area contributed by atoms with Gasteiger partial charge in [-0.25, -0.2) is 0 Å². The number of benzene rings is 2. The van der Waals surface area contributed by atoms with Gasteiger partial charge in [0.15, 0.2) is 22.5 Å². The van der Waals surface area contributed by atoms with Crippen LogP contribution in [0.3, 0.4) is 0 Å². The second-order valence-electron chi connectivity index (χ2n) is 9.37. The first-order valence-corrected chi connectivity index (χ1v) is 12.5. The molecule has 8 heteroatoms. The summed E-state index contributed by atoms with van der Waals surface area (Å²) in [4.78, 5) is 14.8. The van der Waals surface area contributed by atoms with Gasteiger partial charge in [0.1, 0.15) is 13.2 Å². The Labute approximate surface area is 205 Å². The van der Waals surface area contributed by atoms with Gasteiger partial charge in [-0.2, -0.15) is 0 Å². The number of amides is 1. The van der Waals surface area contributed by atoms with E-state index >= 15 is 0 Å². The summed E-state index contributed by atoms with van der Waals surface area (Å²) in [5.74, 6) is 2.64. The van der Waals surface area contributed by atoms with Gasteiger partial charge >= 0.3 is 0 Å². The maximum absolute atomic E-state index is 13.0. The van der Waals surface area contributed by atoms with E-state index in [1.165, 1.54) is 17.3 Å². The number of rotatable bonds is 7. The molecule has 4 rings (SSSR count). The van der Waals surface area contributed by atoms with E-state index in [2.05, 4.69) is 55.2 Å². The van der Waals surface area contributed by atoms with Crippen LogP contribution < -0.4 is 9.47 Å². The van der Waals surface area contributed by atoms with Crippen molar-refractivity contribution in [3.8, 4) is 22.9 Å². The van der Waals surface area contributed by atoms with E-state index in [0.29, 0.717) is 32.1 Å². The molecule has 0 bridgehead atoms. The van der Waals surface area contributed by atoms with Crippen molar-refractivity contribution in [1.82, 2.24) is 19.7 Å². The van der Waals surface area contributed by atoms with Crippen molar-refractivity contribution in [3.05, 3.63) is 53.6 Å². The van der Waals surface area contributed by atoms with Crippen LogP contribution >= 0.6 is 11.8 Å². The molecule has 2 heterocycles. The summed E-state index contributed by atoms with van der Waals surface area (Å²) in [5.41, 5.74) is 3.40. The number of nitrogens with zero attached hydrogens (tertiary/aromatic N) is 4. The molecular formula is C26H32N4O3S. The fourth-order valence-corrected chi connectivity index (χ4v) is 4.63. The van der Waals surface area contributed by atoms with Crippen molar-refractivity contribution in [3.63, 3.8) is 0 Å². The number of ether oxygens (including phenoxy) is 2. The second-order valence-corrected chi connectivity index (χ2v) is 10.3. The van der Waals surface area contributed by atoms with E-state index < -0.39 is 0 Å². The maximum atomic E-state index is 13.0. The molecule has 0 saturated carbocycles. The lowest BCUT2D eigenvalue weighted by atomic mass is 9.87. The molecule has 0 saturated heterocycles. The van der Waals surface area contributed by atoms with Crippen molar-refractivity contribution < 1.29 is 14.3 Å². The molecule has 0 atom stereocenters. The minimum atomic E-state index is 0.0569. The van der Waals surface area contributed by atoms with E-state index in [9.17, 15) is 4.79 Å². The summed E-state index contributed by atoms with van der Waals surface area (Å²) in [6, 6.07) is 14.3. The van der Waals surface area contributed by atoms with Crippen LogP contribution in [0.1, 0.15) is 38.8 Å². The van der Waals surface area contributed by atoms with E-state index in [1.54, 1.807) is 0 Å². The minimum Gasteiger partial charge on any atom is -0.486 e. The number of thioether (sulfide) groups is 1. The molecule has 1 amide bonds. The van der Waals surface area contributed by atoms with Gasteiger partial charge < -0.3 is 18.9 Å². The molecule has 180 valence electrons. The van der Waals surface area contributed by atoms with Gasteiger partial charge in [-0.15, -0.1) is 10.2 Å². The Balaban J connectivity index is 1.39. The molecule has 1 aliphatic rings. The highest BCUT2D eigenvalue weighted by atomic mass is 32.2. The van der Waals surface area contributed by atoms with Gasteiger partial charge in [0, 0.05) is 25.7 Å². The molecule has 1 aliphatic heterocycles. The van der Waals surface area contributed by atoms with Crippen molar-refractivity contribution in [2.45, 2.75) is 44.8 Å². The van der Waals surface area contributed by atoms with Crippen LogP contribution in [0, 0.1) is 0 Å². The summed E-state index contributed by atoms with van der Waals surface area (Å²) in [6.45, 7) is 10.8. The normalized spacial score (nSPS) is 13.1. The highest BCUT2D eigenvalue weighted by Crippen LogP contribution is 2.31. The minimum absolute atomic E-state index is 0.0569. The maximum Gasteiger partial charge on any atom is 0.233 e. The second kappa shape index (κ2) is 10.1. The molecule has 1 aromatic heterocycles. The van der Waals surface area contributed by atoms with Crippen LogP contribution in [0.5, 0.6) is 11.5 Å². The summed E-state index contributed by atoms with van der Waals surface area (Å²) >= 11 is 1.41. The zero-order chi connectivity index (χ0) is 24.3. The lowest BCUT2D eigenvalue weighted by molar-refractivity contribution is -0.128. The van der Waals surface area contributed by atoms with Crippen LogP contribution in [0.2, 0.25) is 0 Å². The summed E-state index contributed by atoms with van der Waals surface area (Å²) in [5, 5.41) is 9.42. The molecule has 0 N–H and O–H groups in total. The predicted octanol–water partition coefficient (Wildman–Crippen LogP) is 4.69. The average molecular weight is 481 g/mol. The molecule has 0 radical (unpaired) electrons. The molecule has 7 nitrogen and oxygen atoms in total. The molecule has 3 aromatic rings. The monoisotopic (exact) mass is 480 g/mol. The SMILES string of the molecule is CCN(Cc1ccc2c(c1)OCCO2)C(=O)CSc1nnc(-c2ccc(C(C)(C)C)cc2)n1C. The van der Waals surface area contributed by atoms with Gasteiger partial charge in [-0.05, 0) is 35.6 Å².